The van der Waals surface area contributed by atoms with Gasteiger partial charge in [0.2, 0.25) is 0 Å². The minimum atomic E-state index is -0.310. The summed E-state index contributed by atoms with van der Waals surface area (Å²) in [6.45, 7) is 1.83. The predicted molar refractivity (Wildman–Crippen MR) is 66.6 cm³/mol. The first-order valence-corrected chi connectivity index (χ1v) is 5.55. The van der Waals surface area contributed by atoms with Crippen LogP contribution in [0.5, 0.6) is 0 Å². The Balaban J connectivity index is 2.68. The Morgan fingerprint density at radius 3 is 2.19 bits per heavy atom. The van der Waals surface area contributed by atoms with Crippen molar-refractivity contribution in [2.24, 2.45) is 0 Å². The highest BCUT2D eigenvalue weighted by atomic mass is 35.5. The van der Waals surface area contributed by atoms with Crippen molar-refractivity contribution < 1.29 is 4.39 Å². The molecule has 2 rings (SSSR count). The molecule has 0 spiro atoms. The van der Waals surface area contributed by atoms with Gasteiger partial charge in [-0.25, -0.2) is 4.39 Å². The molecule has 0 bridgehead atoms. The molecule has 0 aliphatic carbocycles. The van der Waals surface area contributed by atoms with Gasteiger partial charge in [0.25, 0.3) is 0 Å². The van der Waals surface area contributed by atoms with Crippen molar-refractivity contribution >= 4 is 23.2 Å². The maximum atomic E-state index is 13.8. The molecule has 0 saturated carbocycles. The second-order valence-electron chi connectivity index (χ2n) is 3.58. The van der Waals surface area contributed by atoms with E-state index in [0.717, 1.165) is 5.56 Å². The van der Waals surface area contributed by atoms with Gasteiger partial charge in [-0.1, -0.05) is 41.4 Å². The summed E-state index contributed by atoms with van der Waals surface area (Å²) in [5.74, 6) is -0.310. The van der Waals surface area contributed by atoms with E-state index in [1.807, 2.05) is 13.0 Å². The molecule has 3 heteroatoms. The molecule has 0 atom stereocenters. The van der Waals surface area contributed by atoms with Crippen LogP contribution in [0.3, 0.4) is 0 Å². The molecule has 0 radical (unpaired) electrons. The van der Waals surface area contributed by atoms with E-state index in [9.17, 15) is 4.39 Å². The van der Waals surface area contributed by atoms with E-state index in [1.165, 1.54) is 6.07 Å². The normalized spacial score (nSPS) is 10.5. The molecule has 0 aliphatic heterocycles. The lowest BCUT2D eigenvalue weighted by Crippen LogP contribution is -1.87. The second-order valence-corrected chi connectivity index (χ2v) is 4.39. The molecule has 0 heterocycles. The maximum Gasteiger partial charge on any atom is 0.131 e. The zero-order valence-corrected chi connectivity index (χ0v) is 10.1. The fourth-order valence-corrected chi connectivity index (χ4v) is 2.18. The summed E-state index contributed by atoms with van der Waals surface area (Å²) < 4.78 is 13.8. The van der Waals surface area contributed by atoms with Crippen LogP contribution in [0.1, 0.15) is 5.56 Å². The molecule has 0 saturated heterocycles. The number of halogens is 3. The van der Waals surface area contributed by atoms with Crippen molar-refractivity contribution in [1.29, 1.82) is 0 Å². The SMILES string of the molecule is Cc1ccc(-c2c(Cl)cccc2Cl)c(F)c1. The Kier molecular flexibility index (Phi) is 3.17. The van der Waals surface area contributed by atoms with E-state index in [0.29, 0.717) is 21.2 Å². The second kappa shape index (κ2) is 4.44. The standard InChI is InChI=1S/C13H9Cl2F/c1-8-5-6-9(12(16)7-8)13-10(14)3-2-4-11(13)15/h2-7H,1H3. The Morgan fingerprint density at radius 1 is 1.00 bits per heavy atom. The van der Waals surface area contributed by atoms with Crippen LogP contribution in [0.15, 0.2) is 36.4 Å². The van der Waals surface area contributed by atoms with Crippen molar-refractivity contribution in [2.75, 3.05) is 0 Å². The first-order chi connectivity index (χ1) is 7.59. The Hall–Kier alpha value is -1.05. The van der Waals surface area contributed by atoms with Crippen LogP contribution in [-0.4, -0.2) is 0 Å². The zero-order chi connectivity index (χ0) is 11.7. The number of benzene rings is 2. The predicted octanol–water partition coefficient (Wildman–Crippen LogP) is 5.11. The molecule has 0 N–H and O–H groups in total. The van der Waals surface area contributed by atoms with Gasteiger partial charge in [0.15, 0.2) is 0 Å². The van der Waals surface area contributed by atoms with Gasteiger partial charge < -0.3 is 0 Å². The molecule has 0 amide bonds. The summed E-state index contributed by atoms with van der Waals surface area (Å²) in [6.07, 6.45) is 0. The summed E-state index contributed by atoms with van der Waals surface area (Å²) >= 11 is 12.0. The van der Waals surface area contributed by atoms with Crippen molar-refractivity contribution in [3.8, 4) is 11.1 Å². The minimum Gasteiger partial charge on any atom is -0.206 e. The number of aryl methyl sites for hydroxylation is 1. The minimum absolute atomic E-state index is 0.310. The molecule has 2 aromatic rings. The summed E-state index contributed by atoms with van der Waals surface area (Å²) in [7, 11) is 0. The summed E-state index contributed by atoms with van der Waals surface area (Å²) in [6, 6.07) is 10.1. The number of hydrogen-bond donors (Lipinski definition) is 0. The first-order valence-electron chi connectivity index (χ1n) is 4.80. The molecule has 0 aliphatic rings. The molecule has 82 valence electrons. The summed E-state index contributed by atoms with van der Waals surface area (Å²) in [5.41, 5.74) is 1.84. The van der Waals surface area contributed by atoms with Gasteiger partial charge in [0, 0.05) is 21.2 Å². The lowest BCUT2D eigenvalue weighted by Gasteiger charge is -2.08. The van der Waals surface area contributed by atoms with Crippen molar-refractivity contribution in [3.63, 3.8) is 0 Å². The quantitative estimate of drug-likeness (QED) is 0.664. The van der Waals surface area contributed by atoms with E-state index in [2.05, 4.69) is 0 Å². The average molecular weight is 255 g/mol. The largest absolute Gasteiger partial charge is 0.206 e. The van der Waals surface area contributed by atoms with Crippen LogP contribution in [-0.2, 0) is 0 Å². The van der Waals surface area contributed by atoms with E-state index >= 15 is 0 Å². The fourth-order valence-electron chi connectivity index (χ4n) is 1.58. The third kappa shape index (κ3) is 2.06. The van der Waals surface area contributed by atoms with Gasteiger partial charge in [0.05, 0.1) is 0 Å². The van der Waals surface area contributed by atoms with E-state index in [4.69, 9.17) is 23.2 Å². The van der Waals surface area contributed by atoms with Crippen LogP contribution in [0.2, 0.25) is 10.0 Å². The van der Waals surface area contributed by atoms with E-state index in [1.54, 1.807) is 24.3 Å². The van der Waals surface area contributed by atoms with Crippen molar-refractivity contribution in [1.82, 2.24) is 0 Å². The van der Waals surface area contributed by atoms with E-state index in [-0.39, 0.29) is 5.82 Å². The van der Waals surface area contributed by atoms with E-state index < -0.39 is 0 Å². The fraction of sp³-hybridized carbons (Fsp3) is 0.0769. The van der Waals surface area contributed by atoms with Crippen molar-refractivity contribution in [3.05, 3.63) is 57.8 Å². The molecular weight excluding hydrogens is 246 g/mol. The maximum absolute atomic E-state index is 13.8. The van der Waals surface area contributed by atoms with Gasteiger partial charge >= 0.3 is 0 Å². The van der Waals surface area contributed by atoms with Crippen LogP contribution in [0.25, 0.3) is 11.1 Å². The third-order valence-corrected chi connectivity index (χ3v) is 2.99. The third-order valence-electron chi connectivity index (χ3n) is 2.36. The summed E-state index contributed by atoms with van der Waals surface area (Å²) in [5, 5.41) is 0.908. The number of hydrogen-bond acceptors (Lipinski definition) is 0. The first kappa shape index (κ1) is 11.4. The van der Waals surface area contributed by atoms with Crippen LogP contribution >= 0.6 is 23.2 Å². The van der Waals surface area contributed by atoms with Crippen LogP contribution in [0, 0.1) is 12.7 Å². The van der Waals surface area contributed by atoms with Crippen molar-refractivity contribution in [2.45, 2.75) is 6.92 Å². The molecule has 2 aromatic carbocycles. The lowest BCUT2D eigenvalue weighted by molar-refractivity contribution is 0.630. The van der Waals surface area contributed by atoms with Gasteiger partial charge in [-0.15, -0.1) is 0 Å². The molecule has 0 aromatic heterocycles. The van der Waals surface area contributed by atoms with Gasteiger partial charge in [-0.3, -0.25) is 0 Å². The van der Waals surface area contributed by atoms with Gasteiger partial charge in [0.1, 0.15) is 5.82 Å². The molecule has 16 heavy (non-hydrogen) atoms. The Morgan fingerprint density at radius 2 is 1.62 bits per heavy atom. The smallest absolute Gasteiger partial charge is 0.131 e. The topological polar surface area (TPSA) is 0 Å². The molecule has 0 unspecified atom stereocenters. The molecule has 0 fully saturated rings. The molecule has 0 nitrogen and oxygen atoms in total. The van der Waals surface area contributed by atoms with Crippen LogP contribution in [0.4, 0.5) is 4.39 Å². The molecular formula is C13H9Cl2F. The summed E-state index contributed by atoms with van der Waals surface area (Å²) in [4.78, 5) is 0. The van der Waals surface area contributed by atoms with Gasteiger partial charge in [-0.2, -0.15) is 0 Å². The number of rotatable bonds is 1. The van der Waals surface area contributed by atoms with Gasteiger partial charge in [-0.05, 0) is 30.7 Å². The Bertz CT molecular complexity index is 515. The zero-order valence-electron chi connectivity index (χ0n) is 8.60. The highest BCUT2D eigenvalue weighted by Crippen LogP contribution is 2.36. The Labute approximate surface area is 104 Å². The lowest BCUT2D eigenvalue weighted by atomic mass is 10.0. The van der Waals surface area contributed by atoms with Crippen LogP contribution < -0.4 is 0 Å². The average Bonchev–Trinajstić information content (AvgIpc) is 2.20. The highest BCUT2D eigenvalue weighted by molar-refractivity contribution is 6.39. The monoisotopic (exact) mass is 254 g/mol. The highest BCUT2D eigenvalue weighted by Gasteiger charge is 2.12.